The number of carboxylic acid groups (broad SMARTS) is 1. The van der Waals surface area contributed by atoms with E-state index in [1.54, 1.807) is 12.4 Å². The van der Waals surface area contributed by atoms with E-state index in [-0.39, 0.29) is 6.54 Å². The van der Waals surface area contributed by atoms with Crippen LogP contribution in [-0.4, -0.2) is 48.4 Å². The molecule has 1 unspecified atom stereocenters. The van der Waals surface area contributed by atoms with E-state index in [9.17, 15) is 9.59 Å². The number of methoxy groups -OCH3 is 1. The maximum Gasteiger partial charge on any atom is 0.334 e. The van der Waals surface area contributed by atoms with Crippen molar-refractivity contribution < 1.29 is 19.4 Å². The Morgan fingerprint density at radius 1 is 1.37 bits per heavy atom. The number of pyridine rings is 1. The summed E-state index contributed by atoms with van der Waals surface area (Å²) in [5, 5.41) is 13.8. The third-order valence-corrected chi connectivity index (χ3v) is 2.46. The highest BCUT2D eigenvalue weighted by atomic mass is 16.5. The first kappa shape index (κ1) is 14.9. The lowest BCUT2D eigenvalue weighted by molar-refractivity contribution is -0.147. The number of hydrogen-bond acceptors (Lipinski definition) is 4. The second-order valence-electron chi connectivity index (χ2n) is 3.80. The van der Waals surface area contributed by atoms with Crippen LogP contribution in [0.4, 0.5) is 4.79 Å². The van der Waals surface area contributed by atoms with Gasteiger partial charge in [-0.25, -0.2) is 9.59 Å². The fourth-order valence-corrected chi connectivity index (χ4v) is 1.39. The second-order valence-corrected chi connectivity index (χ2v) is 3.80. The summed E-state index contributed by atoms with van der Waals surface area (Å²) in [6, 6.07) is 3.31. The highest BCUT2D eigenvalue weighted by molar-refractivity contribution is 5.76. The predicted molar refractivity (Wildman–Crippen MR) is 67.8 cm³/mol. The number of amides is 2. The van der Waals surface area contributed by atoms with Gasteiger partial charge >= 0.3 is 12.0 Å². The molecule has 1 rings (SSSR count). The van der Waals surface area contributed by atoms with Crippen LogP contribution >= 0.6 is 0 Å². The molecular weight excluding hydrogens is 250 g/mol. The Hall–Kier alpha value is -2.15. The van der Waals surface area contributed by atoms with Crippen molar-refractivity contribution in [3.05, 3.63) is 30.1 Å². The molecule has 1 aromatic rings. The van der Waals surface area contributed by atoms with Gasteiger partial charge in [0.1, 0.15) is 0 Å². The van der Waals surface area contributed by atoms with Crippen molar-refractivity contribution in [1.82, 2.24) is 15.6 Å². The van der Waals surface area contributed by atoms with Gasteiger partial charge in [0.2, 0.25) is 0 Å². The molecule has 1 atom stereocenters. The zero-order valence-electron chi connectivity index (χ0n) is 10.6. The van der Waals surface area contributed by atoms with Crippen molar-refractivity contribution in [3.8, 4) is 0 Å². The van der Waals surface area contributed by atoms with Crippen molar-refractivity contribution in [2.45, 2.75) is 12.5 Å². The minimum absolute atomic E-state index is 0.0765. The molecule has 1 heterocycles. The molecule has 0 radical (unpaired) electrons. The molecule has 7 heteroatoms. The van der Waals surface area contributed by atoms with Crippen LogP contribution in [0.15, 0.2) is 24.5 Å². The second kappa shape index (κ2) is 8.04. The van der Waals surface area contributed by atoms with E-state index in [0.29, 0.717) is 13.0 Å². The highest BCUT2D eigenvalue weighted by Crippen LogP contribution is 1.95. The number of carbonyl (C=O) groups is 2. The maximum absolute atomic E-state index is 11.4. The average molecular weight is 267 g/mol. The van der Waals surface area contributed by atoms with Gasteiger partial charge in [0, 0.05) is 26.0 Å². The van der Waals surface area contributed by atoms with Crippen LogP contribution < -0.4 is 10.6 Å². The number of hydrogen-bond donors (Lipinski definition) is 3. The summed E-state index contributed by atoms with van der Waals surface area (Å²) in [7, 11) is 1.28. The zero-order valence-corrected chi connectivity index (χ0v) is 10.6. The summed E-state index contributed by atoms with van der Waals surface area (Å²) in [6.07, 6.45) is 3.02. The summed E-state index contributed by atoms with van der Waals surface area (Å²) >= 11 is 0. The van der Waals surface area contributed by atoms with E-state index in [0.717, 1.165) is 5.56 Å². The first-order chi connectivity index (χ1) is 9.13. The number of nitrogens with one attached hydrogen (secondary N) is 2. The number of rotatable bonds is 7. The molecule has 104 valence electrons. The Balaban J connectivity index is 2.19. The van der Waals surface area contributed by atoms with Crippen molar-refractivity contribution in [2.75, 3.05) is 20.2 Å². The molecule has 2 amide bonds. The fraction of sp³-hybridized carbons (Fsp3) is 0.417. The molecule has 0 saturated carbocycles. The minimum Gasteiger partial charge on any atom is -0.479 e. The van der Waals surface area contributed by atoms with Gasteiger partial charge in [-0.05, 0) is 24.1 Å². The quantitative estimate of drug-likeness (QED) is 0.646. The monoisotopic (exact) mass is 267 g/mol. The van der Waals surface area contributed by atoms with E-state index in [1.807, 2.05) is 12.1 Å². The molecule has 0 spiro atoms. The topological polar surface area (TPSA) is 101 Å². The summed E-state index contributed by atoms with van der Waals surface area (Å²) in [5.41, 5.74) is 1.07. The standard InChI is InChI=1S/C12H17N3O4/c1-19-10(11(16)17)8-15-12(18)14-7-4-9-2-5-13-6-3-9/h2-3,5-6,10H,4,7-8H2,1H3,(H,16,17)(H2,14,15,18). The Kier molecular flexibility index (Phi) is 6.31. The number of ether oxygens (including phenoxy) is 1. The van der Waals surface area contributed by atoms with Crippen molar-refractivity contribution in [1.29, 1.82) is 0 Å². The third kappa shape index (κ3) is 5.82. The van der Waals surface area contributed by atoms with Crippen molar-refractivity contribution >= 4 is 12.0 Å². The van der Waals surface area contributed by atoms with Crippen LogP contribution in [0, 0.1) is 0 Å². The molecule has 0 aliphatic carbocycles. The van der Waals surface area contributed by atoms with E-state index < -0.39 is 18.1 Å². The Morgan fingerprint density at radius 2 is 2.05 bits per heavy atom. The molecule has 7 nitrogen and oxygen atoms in total. The van der Waals surface area contributed by atoms with Gasteiger partial charge in [-0.15, -0.1) is 0 Å². The molecule has 0 aliphatic rings. The highest BCUT2D eigenvalue weighted by Gasteiger charge is 2.16. The summed E-state index contributed by atoms with van der Waals surface area (Å²) in [4.78, 5) is 25.9. The lowest BCUT2D eigenvalue weighted by Crippen LogP contribution is -2.43. The molecular formula is C12H17N3O4. The smallest absolute Gasteiger partial charge is 0.334 e. The number of carbonyl (C=O) groups excluding carboxylic acids is 1. The van der Waals surface area contributed by atoms with Crippen molar-refractivity contribution in [3.63, 3.8) is 0 Å². The molecule has 0 fully saturated rings. The van der Waals surface area contributed by atoms with Gasteiger partial charge in [0.15, 0.2) is 6.10 Å². The Labute approximate surface area is 111 Å². The van der Waals surface area contributed by atoms with Crippen LogP contribution in [0.5, 0.6) is 0 Å². The summed E-state index contributed by atoms with van der Waals surface area (Å²) < 4.78 is 4.69. The summed E-state index contributed by atoms with van der Waals surface area (Å²) in [5.74, 6) is -1.11. The average Bonchev–Trinajstić information content (AvgIpc) is 2.40. The first-order valence-electron chi connectivity index (χ1n) is 5.79. The van der Waals surface area contributed by atoms with Gasteiger partial charge in [0.25, 0.3) is 0 Å². The SMILES string of the molecule is COC(CNC(=O)NCCc1ccncc1)C(=O)O. The van der Waals surface area contributed by atoms with Crippen molar-refractivity contribution in [2.24, 2.45) is 0 Å². The first-order valence-corrected chi connectivity index (χ1v) is 5.79. The van der Waals surface area contributed by atoms with Crippen LogP contribution in [0.3, 0.4) is 0 Å². The van der Waals surface area contributed by atoms with Crippen LogP contribution in [0.2, 0.25) is 0 Å². The van der Waals surface area contributed by atoms with Crippen LogP contribution in [0.1, 0.15) is 5.56 Å². The van der Waals surface area contributed by atoms with Gasteiger partial charge in [-0.3, -0.25) is 4.98 Å². The number of aromatic nitrogens is 1. The third-order valence-electron chi connectivity index (χ3n) is 2.46. The van der Waals surface area contributed by atoms with Gasteiger partial charge in [0.05, 0.1) is 6.54 Å². The lowest BCUT2D eigenvalue weighted by Gasteiger charge is -2.12. The fourth-order valence-electron chi connectivity index (χ4n) is 1.39. The number of nitrogens with zero attached hydrogens (tertiary/aromatic N) is 1. The van der Waals surface area contributed by atoms with Gasteiger partial charge in [-0.1, -0.05) is 0 Å². The molecule has 1 aromatic heterocycles. The predicted octanol–water partition coefficient (Wildman–Crippen LogP) is 0.0229. The summed E-state index contributed by atoms with van der Waals surface area (Å²) in [6.45, 7) is 0.382. The minimum atomic E-state index is -1.11. The molecule has 0 aromatic carbocycles. The van der Waals surface area contributed by atoms with E-state index in [2.05, 4.69) is 20.4 Å². The molecule has 19 heavy (non-hydrogen) atoms. The molecule has 0 saturated heterocycles. The molecule has 3 N–H and O–H groups in total. The van der Waals surface area contributed by atoms with E-state index in [4.69, 9.17) is 5.11 Å². The van der Waals surface area contributed by atoms with Gasteiger partial charge in [-0.2, -0.15) is 0 Å². The van der Waals surface area contributed by atoms with Crippen LogP contribution in [0.25, 0.3) is 0 Å². The maximum atomic E-state index is 11.4. The number of aliphatic carboxylic acids is 1. The molecule has 0 aliphatic heterocycles. The molecule has 0 bridgehead atoms. The lowest BCUT2D eigenvalue weighted by atomic mass is 10.2. The normalized spacial score (nSPS) is 11.6. The Bertz CT molecular complexity index is 411. The zero-order chi connectivity index (χ0) is 14.1. The van der Waals surface area contributed by atoms with Gasteiger partial charge < -0.3 is 20.5 Å². The van der Waals surface area contributed by atoms with E-state index in [1.165, 1.54) is 7.11 Å². The Morgan fingerprint density at radius 3 is 2.63 bits per heavy atom. The van der Waals surface area contributed by atoms with E-state index >= 15 is 0 Å². The van der Waals surface area contributed by atoms with Crippen LogP contribution in [-0.2, 0) is 16.0 Å². The largest absolute Gasteiger partial charge is 0.479 e. The number of urea groups is 1. The number of carboxylic acids is 1.